The number of carbonyl (C=O) groups excluding carboxylic acids is 2. The SMILES string of the molecule is CCCNC(=O)[C@H](Cc1ccccc1)N(Cc1ccc(F)cc1)C(=O)CN(c1ccccc1OCC)S(=O)(=O)c1ccc(Cl)cc1. The number of nitrogens with zero attached hydrogens (tertiary/aromatic N) is 2. The summed E-state index contributed by atoms with van der Waals surface area (Å²) in [5.74, 6) is -1.21. The Bertz CT molecular complexity index is 1700. The molecule has 0 aliphatic rings. The highest BCUT2D eigenvalue weighted by molar-refractivity contribution is 7.92. The van der Waals surface area contributed by atoms with Crippen LogP contribution in [0.15, 0.2) is 108 Å². The van der Waals surface area contributed by atoms with Crippen molar-refractivity contribution in [3.05, 3.63) is 125 Å². The molecule has 1 N–H and O–H groups in total. The highest BCUT2D eigenvalue weighted by Crippen LogP contribution is 2.33. The Labute approximate surface area is 274 Å². The molecule has 4 rings (SSSR count). The Kier molecular flexibility index (Phi) is 12.2. The normalized spacial score (nSPS) is 11.8. The molecule has 4 aromatic carbocycles. The maximum atomic E-state index is 14.5. The molecule has 0 aliphatic heterocycles. The predicted molar refractivity (Wildman–Crippen MR) is 178 cm³/mol. The fourth-order valence-electron chi connectivity index (χ4n) is 4.89. The van der Waals surface area contributed by atoms with Crippen molar-refractivity contribution in [2.45, 2.75) is 44.2 Å². The number of hydrogen-bond acceptors (Lipinski definition) is 5. The Hall–Kier alpha value is -4.41. The number of carbonyl (C=O) groups is 2. The molecular weight excluding hydrogens is 629 g/mol. The molecule has 46 heavy (non-hydrogen) atoms. The summed E-state index contributed by atoms with van der Waals surface area (Å²) in [6.07, 6.45) is 0.847. The lowest BCUT2D eigenvalue weighted by atomic mass is 10.0. The van der Waals surface area contributed by atoms with Gasteiger partial charge in [-0.1, -0.05) is 73.1 Å². The molecule has 242 valence electrons. The number of hydrogen-bond donors (Lipinski definition) is 1. The van der Waals surface area contributed by atoms with Crippen LogP contribution in [0, 0.1) is 5.82 Å². The molecule has 0 heterocycles. The van der Waals surface area contributed by atoms with Crippen LogP contribution in [-0.4, -0.2) is 50.9 Å². The summed E-state index contributed by atoms with van der Waals surface area (Å²) in [6, 6.07) is 26.1. The van der Waals surface area contributed by atoms with Gasteiger partial charge in [-0.15, -0.1) is 0 Å². The highest BCUT2D eigenvalue weighted by atomic mass is 35.5. The minimum Gasteiger partial charge on any atom is -0.492 e. The summed E-state index contributed by atoms with van der Waals surface area (Å²) < 4.78 is 49.1. The third-order valence-corrected chi connectivity index (χ3v) is 9.23. The van der Waals surface area contributed by atoms with Crippen molar-refractivity contribution >= 4 is 39.1 Å². The van der Waals surface area contributed by atoms with Crippen molar-refractivity contribution in [1.29, 1.82) is 0 Å². The quantitative estimate of drug-likeness (QED) is 0.162. The Morgan fingerprint density at radius 1 is 0.870 bits per heavy atom. The minimum atomic E-state index is -4.34. The lowest BCUT2D eigenvalue weighted by Gasteiger charge is -2.34. The second-order valence-corrected chi connectivity index (χ2v) is 12.8. The van der Waals surface area contributed by atoms with Crippen molar-refractivity contribution in [3.8, 4) is 5.75 Å². The van der Waals surface area contributed by atoms with Gasteiger partial charge in [-0.25, -0.2) is 12.8 Å². The van der Waals surface area contributed by atoms with E-state index in [1.807, 2.05) is 37.3 Å². The van der Waals surface area contributed by atoms with Crippen LogP contribution in [0.3, 0.4) is 0 Å². The third kappa shape index (κ3) is 8.86. The van der Waals surface area contributed by atoms with Gasteiger partial charge in [0.15, 0.2) is 0 Å². The lowest BCUT2D eigenvalue weighted by molar-refractivity contribution is -0.140. The van der Waals surface area contributed by atoms with Gasteiger partial charge in [0.1, 0.15) is 24.2 Å². The van der Waals surface area contributed by atoms with Crippen LogP contribution >= 0.6 is 11.6 Å². The van der Waals surface area contributed by atoms with E-state index < -0.39 is 34.3 Å². The molecule has 0 saturated heterocycles. The zero-order valence-electron chi connectivity index (χ0n) is 25.7. The molecular formula is C35H37ClFN3O5S. The molecule has 0 aromatic heterocycles. The first-order chi connectivity index (χ1) is 22.1. The molecule has 8 nitrogen and oxygen atoms in total. The van der Waals surface area contributed by atoms with Crippen LogP contribution < -0.4 is 14.4 Å². The van der Waals surface area contributed by atoms with Crippen LogP contribution in [0.4, 0.5) is 10.1 Å². The van der Waals surface area contributed by atoms with E-state index in [1.165, 1.54) is 53.4 Å². The number of rotatable bonds is 15. The average molecular weight is 666 g/mol. The van der Waals surface area contributed by atoms with Gasteiger partial charge in [0.05, 0.1) is 17.2 Å². The van der Waals surface area contributed by atoms with Gasteiger partial charge < -0.3 is 15.0 Å². The summed E-state index contributed by atoms with van der Waals surface area (Å²) in [7, 11) is -4.34. The summed E-state index contributed by atoms with van der Waals surface area (Å²) in [5, 5.41) is 3.25. The van der Waals surface area contributed by atoms with E-state index in [9.17, 15) is 22.4 Å². The molecule has 11 heteroatoms. The van der Waals surface area contributed by atoms with Crippen molar-refractivity contribution in [2.75, 3.05) is 24.0 Å². The van der Waals surface area contributed by atoms with Gasteiger partial charge >= 0.3 is 0 Å². The smallest absolute Gasteiger partial charge is 0.264 e. The summed E-state index contributed by atoms with van der Waals surface area (Å²) in [4.78, 5) is 29.5. The average Bonchev–Trinajstić information content (AvgIpc) is 3.06. The van der Waals surface area contributed by atoms with Crippen LogP contribution in [0.1, 0.15) is 31.4 Å². The number of ether oxygens (including phenoxy) is 1. The van der Waals surface area contributed by atoms with Crippen molar-refractivity contribution in [2.24, 2.45) is 0 Å². The predicted octanol–water partition coefficient (Wildman–Crippen LogP) is 6.24. The third-order valence-electron chi connectivity index (χ3n) is 7.20. The van der Waals surface area contributed by atoms with E-state index in [4.69, 9.17) is 16.3 Å². The summed E-state index contributed by atoms with van der Waals surface area (Å²) >= 11 is 6.05. The van der Waals surface area contributed by atoms with Crippen LogP contribution in [0.5, 0.6) is 5.75 Å². The molecule has 0 radical (unpaired) electrons. The number of nitrogens with one attached hydrogen (secondary N) is 1. The van der Waals surface area contributed by atoms with Gasteiger partial charge in [-0.3, -0.25) is 13.9 Å². The lowest BCUT2D eigenvalue weighted by Crippen LogP contribution is -2.53. The Balaban J connectivity index is 1.82. The minimum absolute atomic E-state index is 0.0713. The van der Waals surface area contributed by atoms with Crippen LogP contribution in [-0.2, 0) is 32.6 Å². The van der Waals surface area contributed by atoms with Crippen molar-refractivity contribution < 1.29 is 27.1 Å². The number of anilines is 1. The van der Waals surface area contributed by atoms with Gasteiger partial charge in [-0.05, 0) is 73.0 Å². The van der Waals surface area contributed by atoms with Gasteiger partial charge in [0, 0.05) is 24.5 Å². The fourth-order valence-corrected chi connectivity index (χ4v) is 6.45. The molecule has 0 saturated carbocycles. The zero-order chi connectivity index (χ0) is 33.1. The number of halogens is 2. The molecule has 4 aromatic rings. The Morgan fingerprint density at radius 3 is 2.17 bits per heavy atom. The van der Waals surface area contributed by atoms with Crippen LogP contribution in [0.2, 0.25) is 5.02 Å². The molecule has 2 amide bonds. The second-order valence-electron chi connectivity index (χ2n) is 10.5. The molecule has 0 aliphatic carbocycles. The summed E-state index contributed by atoms with van der Waals surface area (Å²) in [5.41, 5.74) is 1.53. The van der Waals surface area contributed by atoms with E-state index >= 15 is 0 Å². The van der Waals surface area contributed by atoms with E-state index in [0.29, 0.717) is 23.6 Å². The number of para-hydroxylation sites is 2. The van der Waals surface area contributed by atoms with Crippen molar-refractivity contribution in [3.63, 3.8) is 0 Å². The maximum absolute atomic E-state index is 14.5. The van der Waals surface area contributed by atoms with E-state index in [2.05, 4.69) is 5.32 Å². The first-order valence-electron chi connectivity index (χ1n) is 15.0. The molecule has 0 spiro atoms. The molecule has 0 bridgehead atoms. The topological polar surface area (TPSA) is 96.0 Å². The van der Waals surface area contributed by atoms with Gasteiger partial charge in [0.25, 0.3) is 10.0 Å². The van der Waals surface area contributed by atoms with Gasteiger partial charge in [-0.2, -0.15) is 0 Å². The van der Waals surface area contributed by atoms with Crippen LogP contribution in [0.25, 0.3) is 0 Å². The Morgan fingerprint density at radius 2 is 1.52 bits per heavy atom. The van der Waals surface area contributed by atoms with E-state index in [-0.39, 0.29) is 41.8 Å². The molecule has 1 atom stereocenters. The zero-order valence-corrected chi connectivity index (χ0v) is 27.3. The number of sulfonamides is 1. The molecule has 0 unspecified atom stereocenters. The van der Waals surface area contributed by atoms with Crippen molar-refractivity contribution in [1.82, 2.24) is 10.2 Å². The monoisotopic (exact) mass is 665 g/mol. The first-order valence-corrected chi connectivity index (χ1v) is 16.8. The summed E-state index contributed by atoms with van der Waals surface area (Å²) in [6.45, 7) is 3.62. The maximum Gasteiger partial charge on any atom is 0.264 e. The standard InChI is InChI=1S/C35H37ClFN3O5S/c1-3-22-38-35(42)32(23-26-10-6-5-7-11-26)39(24-27-14-18-29(37)19-15-27)34(41)25-40(31-12-8-9-13-33(31)45-4-2)46(43,44)30-20-16-28(36)17-21-30/h5-21,32H,3-4,22-25H2,1-2H3,(H,38,42)/t32-/m0/s1. The number of amides is 2. The fraction of sp³-hybridized carbons (Fsp3) is 0.257. The van der Waals surface area contributed by atoms with Gasteiger partial charge in [0.2, 0.25) is 11.8 Å². The molecule has 0 fully saturated rings. The van der Waals surface area contributed by atoms with E-state index in [0.717, 1.165) is 9.87 Å². The first kappa shape index (κ1) is 34.5. The highest BCUT2D eigenvalue weighted by Gasteiger charge is 2.35. The largest absolute Gasteiger partial charge is 0.492 e. The number of benzene rings is 4. The second kappa shape index (κ2) is 16.2. The van der Waals surface area contributed by atoms with E-state index in [1.54, 1.807) is 31.2 Å².